The molecule has 0 aromatic heterocycles. The summed E-state index contributed by atoms with van der Waals surface area (Å²) in [6.07, 6.45) is -4.67. The lowest BCUT2D eigenvalue weighted by molar-refractivity contribution is -0.162. The lowest BCUT2D eigenvalue weighted by Crippen LogP contribution is -2.48. The minimum atomic E-state index is -4.56. The molecule has 8 heteroatoms. The Morgan fingerprint density at radius 3 is 2.58 bits per heavy atom. The quantitative estimate of drug-likeness (QED) is 0.856. The van der Waals surface area contributed by atoms with Crippen molar-refractivity contribution < 1.29 is 27.5 Å². The van der Waals surface area contributed by atoms with Crippen LogP contribution in [0.25, 0.3) is 0 Å². The number of carbonyl (C=O) groups is 2. The van der Waals surface area contributed by atoms with Crippen LogP contribution in [0.1, 0.15) is 26.7 Å². The molecule has 1 saturated heterocycles. The van der Waals surface area contributed by atoms with Crippen molar-refractivity contribution in [3.05, 3.63) is 0 Å². The van der Waals surface area contributed by atoms with Gasteiger partial charge in [0.2, 0.25) is 5.91 Å². The van der Waals surface area contributed by atoms with Crippen LogP contribution >= 0.6 is 0 Å². The van der Waals surface area contributed by atoms with E-state index in [0.717, 1.165) is 4.90 Å². The monoisotopic (exact) mass is 282 g/mol. The Kier molecular flexibility index (Phi) is 5.02. The van der Waals surface area contributed by atoms with Crippen molar-refractivity contribution in [2.24, 2.45) is 0 Å². The Morgan fingerprint density at radius 1 is 1.42 bits per heavy atom. The molecule has 0 spiro atoms. The topological polar surface area (TPSA) is 58.6 Å². The predicted octanol–water partition coefficient (Wildman–Crippen LogP) is 1.67. The van der Waals surface area contributed by atoms with E-state index >= 15 is 0 Å². The molecule has 110 valence electrons. The standard InChI is InChI=1S/C11H17F3N2O3/c1-7(2)15-9(17)8-4-3-5-16(8)10(18)19-6-11(12,13)14/h7-8H,3-6H2,1-2H3,(H,15,17). The number of carbonyl (C=O) groups excluding carboxylic acids is 2. The van der Waals surface area contributed by atoms with Gasteiger partial charge >= 0.3 is 12.3 Å². The van der Waals surface area contributed by atoms with Gasteiger partial charge in [-0.25, -0.2) is 4.79 Å². The molecular formula is C11H17F3N2O3. The molecule has 0 saturated carbocycles. The van der Waals surface area contributed by atoms with Crippen LogP contribution in [0, 0.1) is 0 Å². The summed E-state index contributed by atoms with van der Waals surface area (Å²) in [5, 5.41) is 2.63. The fourth-order valence-corrected chi connectivity index (χ4v) is 1.87. The smallest absolute Gasteiger partial charge is 0.422 e. The molecular weight excluding hydrogens is 265 g/mol. The number of amides is 2. The van der Waals surface area contributed by atoms with Crippen LogP contribution < -0.4 is 5.32 Å². The van der Waals surface area contributed by atoms with Gasteiger partial charge in [0.1, 0.15) is 6.04 Å². The average molecular weight is 282 g/mol. The third-order valence-corrected chi connectivity index (χ3v) is 2.58. The van der Waals surface area contributed by atoms with Gasteiger partial charge in [-0.15, -0.1) is 0 Å². The number of nitrogens with one attached hydrogen (secondary N) is 1. The van der Waals surface area contributed by atoms with Gasteiger partial charge in [0.25, 0.3) is 0 Å². The van der Waals surface area contributed by atoms with Gasteiger partial charge < -0.3 is 10.1 Å². The summed E-state index contributed by atoms with van der Waals surface area (Å²) in [6, 6.07) is -0.843. The van der Waals surface area contributed by atoms with E-state index in [1.54, 1.807) is 13.8 Å². The van der Waals surface area contributed by atoms with Crippen LogP contribution in [0.5, 0.6) is 0 Å². The van der Waals surface area contributed by atoms with Crippen LogP contribution in [0.15, 0.2) is 0 Å². The number of ether oxygens (including phenoxy) is 1. The molecule has 0 bridgehead atoms. The third kappa shape index (κ3) is 4.96. The highest BCUT2D eigenvalue weighted by atomic mass is 19.4. The summed E-state index contributed by atoms with van der Waals surface area (Å²) in [6.45, 7) is 2.12. The first-order valence-corrected chi connectivity index (χ1v) is 6.01. The van der Waals surface area contributed by atoms with Crippen molar-refractivity contribution >= 4 is 12.0 Å². The van der Waals surface area contributed by atoms with E-state index in [1.807, 2.05) is 0 Å². The summed E-state index contributed by atoms with van der Waals surface area (Å²) in [4.78, 5) is 24.4. The number of alkyl halides is 3. The van der Waals surface area contributed by atoms with Gasteiger partial charge in [-0.3, -0.25) is 9.69 Å². The maximum atomic E-state index is 12.0. The second-order valence-electron chi connectivity index (χ2n) is 4.68. The predicted molar refractivity (Wildman–Crippen MR) is 60.4 cm³/mol. The zero-order chi connectivity index (χ0) is 14.6. The zero-order valence-corrected chi connectivity index (χ0v) is 10.8. The Balaban J connectivity index is 2.56. The van der Waals surface area contributed by atoms with Crippen LogP contribution in [-0.4, -0.2) is 48.3 Å². The normalized spacial score (nSPS) is 19.7. The molecule has 19 heavy (non-hydrogen) atoms. The highest BCUT2D eigenvalue weighted by Crippen LogP contribution is 2.20. The van der Waals surface area contributed by atoms with Crippen molar-refractivity contribution in [1.82, 2.24) is 10.2 Å². The molecule has 0 aliphatic carbocycles. The Morgan fingerprint density at radius 2 is 2.05 bits per heavy atom. The van der Waals surface area contributed by atoms with Crippen molar-refractivity contribution in [1.29, 1.82) is 0 Å². The van der Waals surface area contributed by atoms with Gasteiger partial charge in [0.15, 0.2) is 6.61 Å². The first kappa shape index (κ1) is 15.6. The van der Waals surface area contributed by atoms with E-state index in [-0.39, 0.29) is 18.5 Å². The van der Waals surface area contributed by atoms with Gasteiger partial charge in [0.05, 0.1) is 0 Å². The molecule has 5 nitrogen and oxygen atoms in total. The number of hydrogen-bond donors (Lipinski definition) is 1. The first-order chi connectivity index (χ1) is 8.70. The number of halogens is 3. The van der Waals surface area contributed by atoms with Crippen LogP contribution in [0.4, 0.5) is 18.0 Å². The molecule has 1 unspecified atom stereocenters. The zero-order valence-electron chi connectivity index (χ0n) is 10.8. The summed E-state index contributed by atoms with van der Waals surface area (Å²) >= 11 is 0. The molecule has 0 radical (unpaired) electrons. The molecule has 1 aliphatic rings. The number of nitrogens with zero attached hydrogens (tertiary/aromatic N) is 1. The average Bonchev–Trinajstić information content (AvgIpc) is 2.72. The highest BCUT2D eigenvalue weighted by Gasteiger charge is 2.37. The Hall–Kier alpha value is -1.47. The third-order valence-electron chi connectivity index (χ3n) is 2.58. The lowest BCUT2D eigenvalue weighted by atomic mass is 10.2. The molecule has 1 heterocycles. The van der Waals surface area contributed by atoms with Gasteiger partial charge in [0, 0.05) is 12.6 Å². The van der Waals surface area contributed by atoms with Gasteiger partial charge in [-0.2, -0.15) is 13.2 Å². The Bertz CT molecular complexity index is 345. The van der Waals surface area contributed by atoms with E-state index in [2.05, 4.69) is 10.1 Å². The van der Waals surface area contributed by atoms with Crippen molar-refractivity contribution in [3.63, 3.8) is 0 Å². The summed E-state index contributed by atoms with van der Waals surface area (Å²) in [5.41, 5.74) is 0. The van der Waals surface area contributed by atoms with Crippen LogP contribution in [0.3, 0.4) is 0 Å². The molecule has 2 amide bonds. The second kappa shape index (κ2) is 6.12. The molecule has 1 N–H and O–H groups in total. The van der Waals surface area contributed by atoms with E-state index in [9.17, 15) is 22.8 Å². The molecule has 1 fully saturated rings. The maximum absolute atomic E-state index is 12.0. The van der Waals surface area contributed by atoms with Gasteiger partial charge in [-0.05, 0) is 26.7 Å². The summed E-state index contributed by atoms with van der Waals surface area (Å²) in [5.74, 6) is -0.364. The van der Waals surface area contributed by atoms with E-state index in [0.29, 0.717) is 12.8 Å². The Labute approximate surface area is 109 Å². The van der Waals surface area contributed by atoms with Gasteiger partial charge in [-0.1, -0.05) is 0 Å². The van der Waals surface area contributed by atoms with E-state index in [1.165, 1.54) is 0 Å². The summed E-state index contributed by atoms with van der Waals surface area (Å²) in [7, 11) is 0. The number of likely N-dealkylation sites (tertiary alicyclic amines) is 1. The lowest BCUT2D eigenvalue weighted by Gasteiger charge is -2.24. The van der Waals surface area contributed by atoms with Crippen LogP contribution in [0.2, 0.25) is 0 Å². The molecule has 1 rings (SSSR count). The van der Waals surface area contributed by atoms with Crippen molar-refractivity contribution in [3.8, 4) is 0 Å². The van der Waals surface area contributed by atoms with E-state index < -0.39 is 24.9 Å². The first-order valence-electron chi connectivity index (χ1n) is 6.01. The SMILES string of the molecule is CC(C)NC(=O)C1CCCN1C(=O)OCC(F)(F)F. The number of rotatable bonds is 3. The second-order valence-corrected chi connectivity index (χ2v) is 4.68. The van der Waals surface area contributed by atoms with Crippen molar-refractivity contribution in [2.75, 3.05) is 13.2 Å². The molecule has 1 atom stereocenters. The highest BCUT2D eigenvalue weighted by molar-refractivity contribution is 5.86. The minimum Gasteiger partial charge on any atom is -0.440 e. The minimum absolute atomic E-state index is 0.0962. The van der Waals surface area contributed by atoms with E-state index in [4.69, 9.17) is 0 Å². The largest absolute Gasteiger partial charge is 0.440 e. The number of hydrogen-bond acceptors (Lipinski definition) is 3. The van der Waals surface area contributed by atoms with Crippen molar-refractivity contribution in [2.45, 2.75) is 44.9 Å². The molecule has 0 aromatic rings. The molecule has 0 aromatic carbocycles. The fourth-order valence-electron chi connectivity index (χ4n) is 1.87. The maximum Gasteiger partial charge on any atom is 0.422 e. The summed E-state index contributed by atoms with van der Waals surface area (Å²) < 4.78 is 40.0. The molecule has 1 aliphatic heterocycles. The van der Waals surface area contributed by atoms with Crippen LogP contribution in [-0.2, 0) is 9.53 Å². The fraction of sp³-hybridized carbons (Fsp3) is 0.818.